The lowest BCUT2D eigenvalue weighted by Gasteiger charge is -2.36. The van der Waals surface area contributed by atoms with Crippen molar-refractivity contribution in [3.05, 3.63) is 23.8 Å². The van der Waals surface area contributed by atoms with E-state index in [0.29, 0.717) is 0 Å². The van der Waals surface area contributed by atoms with Crippen molar-refractivity contribution in [2.45, 2.75) is 44.6 Å². The van der Waals surface area contributed by atoms with E-state index in [9.17, 15) is 0 Å². The molecule has 2 N–H and O–H groups in total. The minimum absolute atomic E-state index is 0.183. The zero-order valence-corrected chi connectivity index (χ0v) is 11.7. The van der Waals surface area contributed by atoms with Gasteiger partial charge < -0.3 is 15.2 Å². The van der Waals surface area contributed by atoms with E-state index >= 15 is 0 Å². The average molecular weight is 261 g/mol. The molecule has 3 heteroatoms. The number of ether oxygens (including phenoxy) is 2. The summed E-state index contributed by atoms with van der Waals surface area (Å²) < 4.78 is 11.4. The Morgan fingerprint density at radius 2 is 1.79 bits per heavy atom. The standard InChI is InChI=1S/C16H23NO2/c1-12-5-7-16(17,8-6-12)13-3-4-14-15(11-13)19-10-2-9-18-14/h3-4,11-12H,2,5-10,17H2,1H3. The topological polar surface area (TPSA) is 44.5 Å². The fraction of sp³-hybridized carbons (Fsp3) is 0.625. The van der Waals surface area contributed by atoms with Crippen LogP contribution in [0.15, 0.2) is 18.2 Å². The molecule has 104 valence electrons. The van der Waals surface area contributed by atoms with Gasteiger partial charge in [-0.25, -0.2) is 0 Å². The lowest BCUT2D eigenvalue weighted by molar-refractivity contribution is 0.246. The average Bonchev–Trinajstić information content (AvgIpc) is 2.66. The molecule has 19 heavy (non-hydrogen) atoms. The first-order valence-corrected chi connectivity index (χ1v) is 7.36. The Morgan fingerprint density at radius 1 is 1.11 bits per heavy atom. The largest absolute Gasteiger partial charge is 0.490 e. The Hall–Kier alpha value is -1.22. The molecule has 0 saturated heterocycles. The molecule has 1 aromatic rings. The summed E-state index contributed by atoms with van der Waals surface area (Å²) >= 11 is 0. The van der Waals surface area contributed by atoms with Crippen molar-refractivity contribution in [3.8, 4) is 11.5 Å². The fourth-order valence-electron chi connectivity index (χ4n) is 3.04. The maximum atomic E-state index is 6.62. The molecule has 1 heterocycles. The summed E-state index contributed by atoms with van der Waals surface area (Å²) in [5.74, 6) is 2.52. The summed E-state index contributed by atoms with van der Waals surface area (Å²) in [5, 5.41) is 0. The van der Waals surface area contributed by atoms with Crippen molar-refractivity contribution >= 4 is 0 Å². The molecule has 0 spiro atoms. The number of nitrogens with two attached hydrogens (primary N) is 1. The van der Waals surface area contributed by atoms with Gasteiger partial charge >= 0.3 is 0 Å². The van der Waals surface area contributed by atoms with E-state index in [2.05, 4.69) is 19.1 Å². The molecule has 0 unspecified atom stereocenters. The number of hydrogen-bond donors (Lipinski definition) is 1. The van der Waals surface area contributed by atoms with Crippen LogP contribution in [0.2, 0.25) is 0 Å². The van der Waals surface area contributed by atoms with Gasteiger partial charge in [0.05, 0.1) is 13.2 Å². The van der Waals surface area contributed by atoms with E-state index in [-0.39, 0.29) is 5.54 Å². The lowest BCUT2D eigenvalue weighted by Crippen LogP contribution is -2.40. The summed E-state index contributed by atoms with van der Waals surface area (Å²) in [5.41, 5.74) is 7.63. The third kappa shape index (κ3) is 2.57. The van der Waals surface area contributed by atoms with Crippen LogP contribution < -0.4 is 15.2 Å². The molecule has 1 aliphatic carbocycles. The molecule has 0 aromatic heterocycles. The fourth-order valence-corrected chi connectivity index (χ4v) is 3.04. The van der Waals surface area contributed by atoms with Crippen molar-refractivity contribution in [2.75, 3.05) is 13.2 Å². The van der Waals surface area contributed by atoms with Crippen LogP contribution in [0.3, 0.4) is 0 Å². The van der Waals surface area contributed by atoms with E-state index in [4.69, 9.17) is 15.2 Å². The molecule has 0 atom stereocenters. The van der Waals surface area contributed by atoms with Crippen LogP contribution in [0.25, 0.3) is 0 Å². The highest BCUT2D eigenvalue weighted by atomic mass is 16.5. The van der Waals surface area contributed by atoms with Crippen LogP contribution in [0.1, 0.15) is 44.6 Å². The highest BCUT2D eigenvalue weighted by molar-refractivity contribution is 5.45. The highest BCUT2D eigenvalue weighted by Crippen LogP contribution is 2.40. The van der Waals surface area contributed by atoms with Crippen LogP contribution in [-0.4, -0.2) is 13.2 Å². The van der Waals surface area contributed by atoms with Gasteiger partial charge in [-0.15, -0.1) is 0 Å². The van der Waals surface area contributed by atoms with Gasteiger partial charge in [0.25, 0.3) is 0 Å². The first-order chi connectivity index (χ1) is 9.17. The summed E-state index contributed by atoms with van der Waals surface area (Å²) in [6.07, 6.45) is 5.49. The predicted molar refractivity (Wildman–Crippen MR) is 75.5 cm³/mol. The second-order valence-corrected chi connectivity index (χ2v) is 6.05. The second-order valence-electron chi connectivity index (χ2n) is 6.05. The van der Waals surface area contributed by atoms with E-state index < -0.39 is 0 Å². The maximum absolute atomic E-state index is 6.62. The van der Waals surface area contributed by atoms with Crippen LogP contribution in [0.4, 0.5) is 0 Å². The first-order valence-electron chi connectivity index (χ1n) is 7.36. The Morgan fingerprint density at radius 3 is 2.53 bits per heavy atom. The van der Waals surface area contributed by atoms with Gasteiger partial charge in [0.1, 0.15) is 0 Å². The lowest BCUT2D eigenvalue weighted by atomic mass is 9.74. The van der Waals surface area contributed by atoms with Crippen LogP contribution in [-0.2, 0) is 5.54 Å². The number of benzene rings is 1. The maximum Gasteiger partial charge on any atom is 0.161 e. The molecule has 0 bridgehead atoms. The van der Waals surface area contributed by atoms with Crippen LogP contribution in [0, 0.1) is 5.92 Å². The van der Waals surface area contributed by atoms with Crippen molar-refractivity contribution in [3.63, 3.8) is 0 Å². The minimum Gasteiger partial charge on any atom is -0.490 e. The molecule has 1 fully saturated rings. The molecule has 0 amide bonds. The van der Waals surface area contributed by atoms with Crippen molar-refractivity contribution in [2.24, 2.45) is 11.7 Å². The van der Waals surface area contributed by atoms with Crippen LogP contribution in [0.5, 0.6) is 11.5 Å². The van der Waals surface area contributed by atoms with Crippen molar-refractivity contribution in [1.82, 2.24) is 0 Å². The van der Waals surface area contributed by atoms with Gasteiger partial charge in [0, 0.05) is 12.0 Å². The first kappa shape index (κ1) is 12.8. The van der Waals surface area contributed by atoms with E-state index in [1.54, 1.807) is 0 Å². The van der Waals surface area contributed by atoms with Gasteiger partial charge in [-0.05, 0) is 49.3 Å². The van der Waals surface area contributed by atoms with Gasteiger partial charge in [-0.1, -0.05) is 13.0 Å². The normalized spacial score (nSPS) is 30.7. The Balaban J connectivity index is 1.87. The molecule has 2 aliphatic rings. The van der Waals surface area contributed by atoms with E-state index in [1.165, 1.54) is 18.4 Å². The molecule has 1 aromatic carbocycles. The second kappa shape index (κ2) is 5.04. The third-order valence-corrected chi connectivity index (χ3v) is 4.49. The molecule has 1 aliphatic heterocycles. The summed E-state index contributed by atoms with van der Waals surface area (Å²) in [7, 11) is 0. The number of rotatable bonds is 1. The summed E-state index contributed by atoms with van der Waals surface area (Å²) in [6.45, 7) is 3.77. The number of fused-ring (bicyclic) bond motifs is 1. The Bertz CT molecular complexity index is 450. The predicted octanol–water partition coefficient (Wildman–Crippen LogP) is 3.21. The summed E-state index contributed by atoms with van der Waals surface area (Å²) in [4.78, 5) is 0. The quantitative estimate of drug-likeness (QED) is 0.844. The highest BCUT2D eigenvalue weighted by Gasteiger charge is 2.32. The zero-order valence-electron chi connectivity index (χ0n) is 11.7. The van der Waals surface area contributed by atoms with Gasteiger partial charge in [0.15, 0.2) is 11.5 Å². The van der Waals surface area contributed by atoms with E-state index in [0.717, 1.165) is 49.9 Å². The smallest absolute Gasteiger partial charge is 0.161 e. The molecular weight excluding hydrogens is 238 g/mol. The van der Waals surface area contributed by atoms with Gasteiger partial charge in [0.2, 0.25) is 0 Å². The molecule has 1 saturated carbocycles. The molecule has 3 rings (SSSR count). The van der Waals surface area contributed by atoms with Gasteiger partial charge in [-0.2, -0.15) is 0 Å². The SMILES string of the molecule is CC1CCC(N)(c2ccc3c(c2)OCCCO3)CC1. The number of hydrogen-bond acceptors (Lipinski definition) is 3. The Kier molecular flexibility index (Phi) is 3.40. The van der Waals surface area contributed by atoms with Gasteiger partial charge in [-0.3, -0.25) is 0 Å². The summed E-state index contributed by atoms with van der Waals surface area (Å²) in [6, 6.07) is 6.22. The van der Waals surface area contributed by atoms with E-state index in [1.807, 2.05) is 6.07 Å². The monoisotopic (exact) mass is 261 g/mol. The van der Waals surface area contributed by atoms with Crippen LogP contribution >= 0.6 is 0 Å². The zero-order chi connectivity index (χ0) is 13.3. The molecular formula is C16H23NO2. The third-order valence-electron chi connectivity index (χ3n) is 4.49. The Labute approximate surface area is 115 Å². The molecule has 3 nitrogen and oxygen atoms in total. The minimum atomic E-state index is -0.183. The van der Waals surface area contributed by atoms with Crippen molar-refractivity contribution < 1.29 is 9.47 Å². The van der Waals surface area contributed by atoms with Crippen molar-refractivity contribution in [1.29, 1.82) is 0 Å². The molecule has 0 radical (unpaired) electrons.